The van der Waals surface area contributed by atoms with Crippen molar-refractivity contribution in [3.05, 3.63) is 31.8 Å². The van der Waals surface area contributed by atoms with E-state index >= 15 is 0 Å². The van der Waals surface area contributed by atoms with Crippen LogP contribution in [0.2, 0.25) is 0 Å². The number of unbranched alkanes of at least 4 members (excludes halogenated alkanes) is 1. The van der Waals surface area contributed by atoms with E-state index in [1.165, 1.54) is 15.9 Å². The molecule has 0 radical (unpaired) electrons. The fraction of sp³-hybridized carbons (Fsp3) is 0.538. The zero-order chi connectivity index (χ0) is 13.8. The van der Waals surface area contributed by atoms with E-state index in [2.05, 4.69) is 11.9 Å². The molecular weight excluding hydrogens is 264 g/mol. The van der Waals surface area contributed by atoms with Crippen molar-refractivity contribution >= 4 is 21.6 Å². The van der Waals surface area contributed by atoms with Gasteiger partial charge in [0.1, 0.15) is 4.83 Å². The van der Waals surface area contributed by atoms with Crippen LogP contribution in [0.3, 0.4) is 0 Å². The van der Waals surface area contributed by atoms with Gasteiger partial charge in [-0.1, -0.05) is 13.3 Å². The van der Waals surface area contributed by atoms with Gasteiger partial charge < -0.3 is 4.74 Å². The van der Waals surface area contributed by atoms with Crippen LogP contribution in [0, 0.1) is 0 Å². The monoisotopic (exact) mass is 282 g/mol. The van der Waals surface area contributed by atoms with Crippen LogP contribution in [0.15, 0.2) is 15.7 Å². The normalized spacial score (nSPS) is 11.3. The zero-order valence-electron chi connectivity index (χ0n) is 11.2. The van der Waals surface area contributed by atoms with Crippen LogP contribution >= 0.6 is 11.3 Å². The average Bonchev–Trinajstić information content (AvgIpc) is 2.79. The molecule has 2 aromatic heterocycles. The molecule has 0 saturated heterocycles. The summed E-state index contributed by atoms with van der Waals surface area (Å²) in [4.78, 5) is 28.7. The van der Waals surface area contributed by atoms with Crippen LogP contribution in [0.4, 0.5) is 0 Å². The maximum atomic E-state index is 12.2. The minimum absolute atomic E-state index is 0.227. The van der Waals surface area contributed by atoms with Crippen LogP contribution in [-0.2, 0) is 17.7 Å². The number of thiophene rings is 1. The quantitative estimate of drug-likeness (QED) is 0.877. The SMILES string of the molecule is CCCCc1cc2c(=O)n(CCOC)c(=O)[nH]c2s1. The number of nitrogens with one attached hydrogen (secondary N) is 1. The number of aryl methyl sites for hydroxylation is 1. The van der Waals surface area contributed by atoms with E-state index in [9.17, 15) is 9.59 Å². The summed E-state index contributed by atoms with van der Waals surface area (Å²) < 4.78 is 6.11. The second kappa shape index (κ2) is 6.16. The Balaban J connectivity index is 2.45. The molecule has 0 amide bonds. The molecule has 2 rings (SSSR count). The van der Waals surface area contributed by atoms with Crippen molar-refractivity contribution in [2.75, 3.05) is 13.7 Å². The van der Waals surface area contributed by atoms with Gasteiger partial charge in [-0.05, 0) is 18.9 Å². The smallest absolute Gasteiger partial charge is 0.329 e. The predicted octanol–water partition coefficient (Wildman–Crippen LogP) is 1.74. The number of nitrogens with zero attached hydrogens (tertiary/aromatic N) is 1. The Morgan fingerprint density at radius 2 is 2.21 bits per heavy atom. The molecule has 0 aliphatic carbocycles. The third-order valence-corrected chi connectivity index (χ3v) is 4.13. The van der Waals surface area contributed by atoms with Gasteiger partial charge in [-0.2, -0.15) is 0 Å². The molecule has 104 valence electrons. The van der Waals surface area contributed by atoms with E-state index in [1.54, 1.807) is 7.11 Å². The van der Waals surface area contributed by atoms with Gasteiger partial charge in [0.2, 0.25) is 0 Å². The van der Waals surface area contributed by atoms with Crippen LogP contribution in [0.5, 0.6) is 0 Å². The fourth-order valence-corrected chi connectivity index (χ4v) is 3.04. The third-order valence-electron chi connectivity index (χ3n) is 3.02. The molecule has 1 N–H and O–H groups in total. The second-order valence-corrected chi connectivity index (χ2v) is 5.58. The molecular formula is C13H18N2O3S. The third kappa shape index (κ3) is 2.96. The highest BCUT2D eigenvalue weighted by molar-refractivity contribution is 7.18. The summed E-state index contributed by atoms with van der Waals surface area (Å²) in [5.41, 5.74) is -0.590. The Bertz CT molecular complexity index is 669. The number of ether oxygens (including phenoxy) is 1. The van der Waals surface area contributed by atoms with Crippen LogP contribution in [0.25, 0.3) is 10.2 Å². The summed E-state index contributed by atoms with van der Waals surface area (Å²) in [7, 11) is 1.55. The Morgan fingerprint density at radius 3 is 2.89 bits per heavy atom. The first kappa shape index (κ1) is 14.0. The lowest BCUT2D eigenvalue weighted by molar-refractivity contribution is 0.185. The average molecular weight is 282 g/mol. The number of fused-ring (bicyclic) bond motifs is 1. The van der Waals surface area contributed by atoms with E-state index in [1.807, 2.05) is 6.07 Å². The Morgan fingerprint density at radius 1 is 1.42 bits per heavy atom. The van der Waals surface area contributed by atoms with E-state index in [0.29, 0.717) is 16.8 Å². The zero-order valence-corrected chi connectivity index (χ0v) is 12.0. The summed E-state index contributed by atoms with van der Waals surface area (Å²) in [6, 6.07) is 1.90. The molecule has 0 unspecified atom stereocenters. The first-order chi connectivity index (χ1) is 9.17. The van der Waals surface area contributed by atoms with Crippen molar-refractivity contribution in [3.8, 4) is 0 Å². The van der Waals surface area contributed by atoms with Gasteiger partial charge in [0.25, 0.3) is 5.56 Å². The lowest BCUT2D eigenvalue weighted by atomic mass is 10.2. The van der Waals surface area contributed by atoms with Crippen LogP contribution in [-0.4, -0.2) is 23.3 Å². The maximum Gasteiger partial charge on any atom is 0.329 e. The standard InChI is InChI=1S/C13H18N2O3S/c1-3-4-5-9-8-10-11(19-9)14-13(17)15(12(10)16)6-7-18-2/h8H,3-7H2,1-2H3,(H,14,17). The van der Waals surface area contributed by atoms with E-state index < -0.39 is 0 Å². The maximum absolute atomic E-state index is 12.2. The van der Waals surface area contributed by atoms with Gasteiger partial charge in [-0.3, -0.25) is 14.3 Å². The number of methoxy groups -OCH3 is 1. The van der Waals surface area contributed by atoms with Crippen molar-refractivity contribution in [2.24, 2.45) is 0 Å². The van der Waals surface area contributed by atoms with Crippen molar-refractivity contribution in [1.82, 2.24) is 9.55 Å². The summed E-state index contributed by atoms with van der Waals surface area (Å²) in [6.45, 7) is 2.76. The van der Waals surface area contributed by atoms with Gasteiger partial charge in [0.15, 0.2) is 0 Å². The van der Waals surface area contributed by atoms with Gasteiger partial charge in [-0.25, -0.2) is 4.79 Å². The van der Waals surface area contributed by atoms with Crippen molar-refractivity contribution in [1.29, 1.82) is 0 Å². The van der Waals surface area contributed by atoms with Crippen LogP contribution in [0.1, 0.15) is 24.6 Å². The highest BCUT2D eigenvalue weighted by atomic mass is 32.1. The first-order valence-corrected chi connectivity index (χ1v) is 7.23. The number of hydrogen-bond donors (Lipinski definition) is 1. The molecule has 19 heavy (non-hydrogen) atoms. The minimum Gasteiger partial charge on any atom is -0.383 e. The number of hydrogen-bond acceptors (Lipinski definition) is 4. The molecule has 2 heterocycles. The lowest BCUT2D eigenvalue weighted by Crippen LogP contribution is -2.35. The summed E-state index contributed by atoms with van der Waals surface area (Å²) in [5, 5.41) is 0.604. The van der Waals surface area contributed by atoms with Gasteiger partial charge >= 0.3 is 5.69 Å². The van der Waals surface area contributed by atoms with Gasteiger partial charge in [-0.15, -0.1) is 11.3 Å². The molecule has 2 aromatic rings. The molecule has 0 saturated carbocycles. The van der Waals surface area contributed by atoms with Gasteiger partial charge in [0, 0.05) is 12.0 Å². The lowest BCUT2D eigenvalue weighted by Gasteiger charge is -2.02. The first-order valence-electron chi connectivity index (χ1n) is 6.41. The summed E-state index contributed by atoms with van der Waals surface area (Å²) in [5.74, 6) is 0. The molecule has 0 atom stereocenters. The van der Waals surface area contributed by atoms with Crippen molar-refractivity contribution in [2.45, 2.75) is 32.7 Å². The number of H-pyrrole nitrogens is 1. The molecule has 0 aliphatic rings. The molecule has 0 fully saturated rings. The Kier molecular flexibility index (Phi) is 4.55. The number of rotatable bonds is 6. The van der Waals surface area contributed by atoms with E-state index in [-0.39, 0.29) is 17.8 Å². The molecule has 6 heteroatoms. The second-order valence-electron chi connectivity index (χ2n) is 4.44. The molecule has 0 spiro atoms. The van der Waals surface area contributed by atoms with Crippen molar-refractivity contribution in [3.63, 3.8) is 0 Å². The molecule has 0 aliphatic heterocycles. The number of aromatic nitrogens is 2. The molecule has 0 aromatic carbocycles. The molecule has 0 bridgehead atoms. The summed E-state index contributed by atoms with van der Waals surface area (Å²) >= 11 is 1.50. The fourth-order valence-electron chi connectivity index (χ4n) is 1.96. The van der Waals surface area contributed by atoms with Crippen molar-refractivity contribution < 1.29 is 4.74 Å². The number of aromatic amines is 1. The minimum atomic E-state index is -0.363. The van der Waals surface area contributed by atoms with Gasteiger partial charge in [0.05, 0.1) is 18.5 Å². The largest absolute Gasteiger partial charge is 0.383 e. The topological polar surface area (TPSA) is 64.1 Å². The predicted molar refractivity (Wildman–Crippen MR) is 77.2 cm³/mol. The van der Waals surface area contributed by atoms with Crippen LogP contribution < -0.4 is 11.2 Å². The Labute approximate surface area is 114 Å². The van der Waals surface area contributed by atoms with E-state index in [4.69, 9.17) is 4.74 Å². The van der Waals surface area contributed by atoms with E-state index in [0.717, 1.165) is 24.1 Å². The molecule has 5 nitrogen and oxygen atoms in total. The summed E-state index contributed by atoms with van der Waals surface area (Å²) in [6.07, 6.45) is 3.16. The highest BCUT2D eigenvalue weighted by Crippen LogP contribution is 2.21. The highest BCUT2D eigenvalue weighted by Gasteiger charge is 2.10. The Hall–Kier alpha value is -1.40.